The lowest BCUT2D eigenvalue weighted by atomic mass is 9.92. The third-order valence-electron chi connectivity index (χ3n) is 3.72. The minimum Gasteiger partial charge on any atom is -0.507 e. The zero-order chi connectivity index (χ0) is 14.1. The number of phenolic OH excluding ortho intramolecular Hbond substituents is 1. The van der Waals surface area contributed by atoms with E-state index in [2.05, 4.69) is 10.3 Å². The highest BCUT2D eigenvalue weighted by molar-refractivity contribution is 5.85. The Morgan fingerprint density at radius 2 is 2.05 bits per heavy atom. The van der Waals surface area contributed by atoms with Crippen molar-refractivity contribution in [3.8, 4) is 5.75 Å². The van der Waals surface area contributed by atoms with E-state index in [1.807, 2.05) is 18.3 Å². The van der Waals surface area contributed by atoms with Crippen LogP contribution in [0.15, 0.2) is 30.5 Å². The number of hydrogen-bond acceptors (Lipinski definition) is 4. The standard InChI is InChI=1S/C15H18N4O/c16-13(10-3-1-2-4-14(10)20)5-11-12(8-19-15(11)17)9-6-18-7-9/h1-5,8-9,18-20H,6-7,16-17H2/b13-5-. The van der Waals surface area contributed by atoms with Gasteiger partial charge in [0.25, 0.3) is 0 Å². The van der Waals surface area contributed by atoms with Crippen LogP contribution < -0.4 is 16.8 Å². The second-order valence-electron chi connectivity index (χ2n) is 5.04. The number of aromatic nitrogens is 1. The summed E-state index contributed by atoms with van der Waals surface area (Å²) in [6.07, 6.45) is 3.76. The van der Waals surface area contributed by atoms with E-state index in [4.69, 9.17) is 11.5 Å². The highest BCUT2D eigenvalue weighted by atomic mass is 16.3. The number of aromatic amines is 1. The molecular formula is C15H18N4O. The Labute approximate surface area is 117 Å². The monoisotopic (exact) mass is 270 g/mol. The predicted molar refractivity (Wildman–Crippen MR) is 81.0 cm³/mol. The van der Waals surface area contributed by atoms with Crippen molar-refractivity contribution >= 4 is 17.6 Å². The number of aromatic hydroxyl groups is 1. The molecule has 7 N–H and O–H groups in total. The molecule has 0 saturated carbocycles. The molecule has 20 heavy (non-hydrogen) atoms. The van der Waals surface area contributed by atoms with Gasteiger partial charge < -0.3 is 26.9 Å². The van der Waals surface area contributed by atoms with Gasteiger partial charge in [0.2, 0.25) is 0 Å². The van der Waals surface area contributed by atoms with Gasteiger partial charge in [0.05, 0.1) is 0 Å². The molecule has 1 aliphatic heterocycles. The zero-order valence-electron chi connectivity index (χ0n) is 11.1. The van der Waals surface area contributed by atoms with Gasteiger partial charge >= 0.3 is 0 Å². The van der Waals surface area contributed by atoms with Crippen LogP contribution in [0, 0.1) is 0 Å². The summed E-state index contributed by atoms with van der Waals surface area (Å²) in [6, 6.07) is 7.01. The highest BCUT2D eigenvalue weighted by Gasteiger charge is 2.23. The molecule has 0 amide bonds. The molecule has 2 aromatic rings. The van der Waals surface area contributed by atoms with Gasteiger partial charge in [-0.2, -0.15) is 0 Å². The minimum absolute atomic E-state index is 0.169. The first kappa shape index (κ1) is 12.6. The van der Waals surface area contributed by atoms with E-state index in [-0.39, 0.29) is 5.75 Å². The second kappa shape index (κ2) is 4.94. The van der Waals surface area contributed by atoms with E-state index in [9.17, 15) is 5.11 Å². The summed E-state index contributed by atoms with van der Waals surface area (Å²) in [4.78, 5) is 3.05. The average Bonchev–Trinajstić information content (AvgIpc) is 2.70. The van der Waals surface area contributed by atoms with Gasteiger partial charge in [-0.05, 0) is 23.8 Å². The Morgan fingerprint density at radius 1 is 1.30 bits per heavy atom. The molecule has 104 valence electrons. The molecule has 0 unspecified atom stereocenters. The molecule has 1 saturated heterocycles. The number of nitrogens with one attached hydrogen (secondary N) is 2. The van der Waals surface area contributed by atoms with Crippen molar-refractivity contribution in [1.29, 1.82) is 0 Å². The topological polar surface area (TPSA) is 100 Å². The quantitative estimate of drug-likeness (QED) is 0.582. The van der Waals surface area contributed by atoms with Crippen LogP contribution in [0.3, 0.4) is 0 Å². The van der Waals surface area contributed by atoms with E-state index in [0.29, 0.717) is 23.0 Å². The number of hydrogen-bond donors (Lipinski definition) is 5. The van der Waals surface area contributed by atoms with Gasteiger partial charge in [-0.1, -0.05) is 12.1 Å². The molecular weight excluding hydrogens is 252 g/mol. The maximum Gasteiger partial charge on any atom is 0.124 e. The van der Waals surface area contributed by atoms with Crippen LogP contribution in [-0.2, 0) is 0 Å². The number of phenols is 1. The second-order valence-corrected chi connectivity index (χ2v) is 5.04. The van der Waals surface area contributed by atoms with Gasteiger partial charge in [-0.3, -0.25) is 0 Å². The first-order valence-electron chi connectivity index (χ1n) is 6.60. The normalized spacial score (nSPS) is 16.1. The number of nitrogens with two attached hydrogens (primary N) is 2. The van der Waals surface area contributed by atoms with E-state index in [1.165, 1.54) is 5.56 Å². The molecule has 1 aromatic carbocycles. The molecule has 5 heteroatoms. The molecule has 0 aliphatic carbocycles. The van der Waals surface area contributed by atoms with Crippen molar-refractivity contribution in [2.45, 2.75) is 5.92 Å². The lowest BCUT2D eigenvalue weighted by Crippen LogP contribution is -2.40. The van der Waals surface area contributed by atoms with Crippen LogP contribution in [0.2, 0.25) is 0 Å². The van der Waals surface area contributed by atoms with Crippen LogP contribution in [-0.4, -0.2) is 23.2 Å². The van der Waals surface area contributed by atoms with Gasteiger partial charge in [0.15, 0.2) is 0 Å². The minimum atomic E-state index is 0.169. The summed E-state index contributed by atoms with van der Waals surface area (Å²) >= 11 is 0. The third kappa shape index (κ3) is 2.12. The Balaban J connectivity index is 1.99. The van der Waals surface area contributed by atoms with E-state index < -0.39 is 0 Å². The summed E-state index contributed by atoms with van der Waals surface area (Å²) in [5.74, 6) is 1.24. The number of nitrogen functional groups attached to an aromatic ring is 1. The fourth-order valence-corrected chi connectivity index (χ4v) is 2.42. The fourth-order valence-electron chi connectivity index (χ4n) is 2.42. The van der Waals surface area contributed by atoms with Gasteiger partial charge in [-0.25, -0.2) is 0 Å². The van der Waals surface area contributed by atoms with Crippen molar-refractivity contribution in [3.05, 3.63) is 47.2 Å². The first-order valence-corrected chi connectivity index (χ1v) is 6.60. The summed E-state index contributed by atoms with van der Waals surface area (Å²) < 4.78 is 0. The van der Waals surface area contributed by atoms with Crippen LogP contribution in [0.1, 0.15) is 22.6 Å². The molecule has 5 nitrogen and oxygen atoms in total. The van der Waals surface area contributed by atoms with Crippen molar-refractivity contribution in [2.75, 3.05) is 18.8 Å². The first-order chi connectivity index (χ1) is 9.66. The largest absolute Gasteiger partial charge is 0.507 e. The molecule has 0 spiro atoms. The zero-order valence-corrected chi connectivity index (χ0v) is 11.1. The summed E-state index contributed by atoms with van der Waals surface area (Å²) in [6.45, 7) is 1.91. The van der Waals surface area contributed by atoms with E-state index >= 15 is 0 Å². The maximum absolute atomic E-state index is 9.84. The van der Waals surface area contributed by atoms with Crippen molar-refractivity contribution in [2.24, 2.45) is 5.73 Å². The van der Waals surface area contributed by atoms with Crippen molar-refractivity contribution < 1.29 is 5.11 Å². The molecule has 0 bridgehead atoms. The maximum atomic E-state index is 9.84. The molecule has 3 rings (SSSR count). The smallest absolute Gasteiger partial charge is 0.124 e. The highest BCUT2D eigenvalue weighted by Crippen LogP contribution is 2.31. The van der Waals surface area contributed by atoms with E-state index in [0.717, 1.165) is 18.7 Å². The Morgan fingerprint density at radius 3 is 2.70 bits per heavy atom. The van der Waals surface area contributed by atoms with Crippen molar-refractivity contribution in [1.82, 2.24) is 10.3 Å². The molecule has 0 radical (unpaired) electrons. The summed E-state index contributed by atoms with van der Waals surface area (Å²) in [7, 11) is 0. The Hall–Kier alpha value is -2.40. The van der Waals surface area contributed by atoms with Crippen LogP contribution in [0.4, 0.5) is 5.82 Å². The van der Waals surface area contributed by atoms with Gasteiger partial charge in [0.1, 0.15) is 11.6 Å². The summed E-state index contributed by atoms with van der Waals surface area (Å²) in [5.41, 5.74) is 15.3. The molecule has 2 heterocycles. The fraction of sp³-hybridized carbons (Fsp3) is 0.200. The Bertz CT molecular complexity index is 656. The average molecular weight is 270 g/mol. The van der Waals surface area contributed by atoms with Gasteiger partial charge in [0, 0.05) is 42.0 Å². The predicted octanol–water partition coefficient (Wildman–Crippen LogP) is 1.45. The number of benzene rings is 1. The van der Waals surface area contributed by atoms with Crippen LogP contribution in [0.5, 0.6) is 5.75 Å². The number of rotatable bonds is 3. The molecule has 1 fully saturated rings. The molecule has 1 aliphatic rings. The lowest BCUT2D eigenvalue weighted by Gasteiger charge is -2.27. The Kier molecular flexibility index (Phi) is 3.12. The number of H-pyrrole nitrogens is 1. The third-order valence-corrected chi connectivity index (χ3v) is 3.72. The van der Waals surface area contributed by atoms with Crippen LogP contribution in [0.25, 0.3) is 11.8 Å². The summed E-state index contributed by atoms with van der Waals surface area (Å²) in [5, 5.41) is 13.1. The van der Waals surface area contributed by atoms with Crippen molar-refractivity contribution in [3.63, 3.8) is 0 Å². The number of para-hydroxylation sites is 1. The SMILES string of the molecule is N/C(=C\c1c(C2CNC2)c[nH]c1N)c1ccccc1O. The number of anilines is 1. The van der Waals surface area contributed by atoms with E-state index in [1.54, 1.807) is 18.2 Å². The van der Waals surface area contributed by atoms with Gasteiger partial charge in [-0.15, -0.1) is 0 Å². The molecule has 0 atom stereocenters. The molecule has 1 aromatic heterocycles. The lowest BCUT2D eigenvalue weighted by molar-refractivity contribution is 0.448. The van der Waals surface area contributed by atoms with Crippen LogP contribution >= 0.6 is 0 Å².